The minimum atomic E-state index is -3.92. The van der Waals surface area contributed by atoms with Gasteiger partial charge in [-0.1, -0.05) is 13.8 Å². The molecule has 0 saturated carbocycles. The monoisotopic (exact) mass is 298 g/mol. The maximum absolute atomic E-state index is 10.6. The van der Waals surface area contributed by atoms with Crippen LogP contribution in [-0.4, -0.2) is 43.6 Å². The molecule has 0 rings (SSSR count). The van der Waals surface area contributed by atoms with Crippen LogP contribution in [-0.2, 0) is 19.6 Å². The van der Waals surface area contributed by atoms with Crippen LogP contribution in [0.3, 0.4) is 0 Å². The lowest BCUT2D eigenvalue weighted by Gasteiger charge is -2.28. The van der Waals surface area contributed by atoms with E-state index in [-0.39, 0.29) is 17.8 Å². The largest absolute Gasteiger partial charge is 0.379 e. The highest BCUT2D eigenvalue weighted by Gasteiger charge is 2.23. The molecule has 0 aliphatic heterocycles. The number of rotatable bonds is 8. The minimum Gasteiger partial charge on any atom is -0.379 e. The zero-order valence-electron chi connectivity index (χ0n) is 13.3. The Hall–Kier alpha value is -0.170. The summed E-state index contributed by atoms with van der Waals surface area (Å²) in [6, 6.07) is 0. The van der Waals surface area contributed by atoms with Gasteiger partial charge >= 0.3 is 0 Å². The molecule has 0 aromatic rings. The summed E-state index contributed by atoms with van der Waals surface area (Å²) in [6.07, 6.45) is 0.984. The van der Waals surface area contributed by atoms with Crippen molar-refractivity contribution in [2.45, 2.75) is 65.6 Å². The number of ether oxygens (including phenoxy) is 2. The molecular formula is C13H30O5S. The van der Waals surface area contributed by atoms with Crippen molar-refractivity contribution in [3.63, 3.8) is 0 Å². The Labute approximate surface area is 118 Å². The SMILES string of the molecule is CC.COC(C)(C)CCOC(C)(C)CCS(=O)(=O)O. The van der Waals surface area contributed by atoms with Gasteiger partial charge in [0.1, 0.15) is 0 Å². The van der Waals surface area contributed by atoms with Crippen molar-refractivity contribution in [3.8, 4) is 0 Å². The lowest BCUT2D eigenvalue weighted by molar-refractivity contribution is -0.0589. The highest BCUT2D eigenvalue weighted by atomic mass is 32.2. The number of methoxy groups -OCH3 is 1. The van der Waals surface area contributed by atoms with Gasteiger partial charge in [-0.15, -0.1) is 0 Å². The van der Waals surface area contributed by atoms with Crippen LogP contribution in [0.15, 0.2) is 0 Å². The fourth-order valence-corrected chi connectivity index (χ4v) is 1.87. The summed E-state index contributed by atoms with van der Waals surface area (Å²) in [4.78, 5) is 0. The Morgan fingerprint density at radius 1 is 1.00 bits per heavy atom. The molecule has 0 amide bonds. The van der Waals surface area contributed by atoms with Crippen LogP contribution in [0.4, 0.5) is 0 Å². The molecule has 1 N–H and O–H groups in total. The molecule has 0 spiro atoms. The van der Waals surface area contributed by atoms with E-state index in [9.17, 15) is 8.42 Å². The molecule has 6 heteroatoms. The van der Waals surface area contributed by atoms with Gasteiger partial charge in [0.2, 0.25) is 0 Å². The number of hydrogen-bond acceptors (Lipinski definition) is 4. The predicted molar refractivity (Wildman–Crippen MR) is 78.1 cm³/mol. The molecule has 0 saturated heterocycles. The molecule has 0 bridgehead atoms. The van der Waals surface area contributed by atoms with Gasteiger partial charge in [-0.25, -0.2) is 0 Å². The normalized spacial score (nSPS) is 12.8. The van der Waals surface area contributed by atoms with E-state index in [2.05, 4.69) is 0 Å². The highest BCUT2D eigenvalue weighted by molar-refractivity contribution is 7.85. The van der Waals surface area contributed by atoms with Crippen LogP contribution < -0.4 is 0 Å². The maximum atomic E-state index is 10.6. The molecule has 0 aromatic carbocycles. The Kier molecular flexibility index (Phi) is 9.89. The third-order valence-electron chi connectivity index (χ3n) is 2.71. The molecule has 19 heavy (non-hydrogen) atoms. The quantitative estimate of drug-likeness (QED) is 0.698. The van der Waals surface area contributed by atoms with Gasteiger partial charge < -0.3 is 9.47 Å². The van der Waals surface area contributed by atoms with Crippen molar-refractivity contribution in [1.82, 2.24) is 0 Å². The van der Waals surface area contributed by atoms with Gasteiger partial charge in [0.25, 0.3) is 10.1 Å². The van der Waals surface area contributed by atoms with Crippen molar-refractivity contribution in [2.75, 3.05) is 19.5 Å². The first-order valence-corrected chi connectivity index (χ1v) is 8.23. The summed E-state index contributed by atoms with van der Waals surface area (Å²) in [5, 5.41) is 0. The van der Waals surface area contributed by atoms with Crippen LogP contribution in [0.2, 0.25) is 0 Å². The summed E-state index contributed by atoms with van der Waals surface area (Å²) in [6.45, 7) is 12.0. The Morgan fingerprint density at radius 2 is 1.47 bits per heavy atom. The average molecular weight is 298 g/mol. The molecule has 0 aliphatic carbocycles. The third kappa shape index (κ3) is 14.1. The van der Waals surface area contributed by atoms with E-state index in [1.54, 1.807) is 21.0 Å². The van der Waals surface area contributed by atoms with Crippen LogP contribution in [0.1, 0.15) is 54.4 Å². The fourth-order valence-electron chi connectivity index (χ4n) is 1.12. The van der Waals surface area contributed by atoms with Crippen molar-refractivity contribution < 1.29 is 22.4 Å². The van der Waals surface area contributed by atoms with Crippen LogP contribution >= 0.6 is 0 Å². The molecule has 0 atom stereocenters. The second-order valence-electron chi connectivity index (χ2n) is 5.36. The Bertz CT molecular complexity index is 320. The second-order valence-corrected chi connectivity index (χ2v) is 6.93. The Balaban J connectivity index is 0. The lowest BCUT2D eigenvalue weighted by Crippen LogP contribution is -2.31. The van der Waals surface area contributed by atoms with E-state index in [0.717, 1.165) is 6.42 Å². The van der Waals surface area contributed by atoms with Crippen LogP contribution in [0.5, 0.6) is 0 Å². The molecule has 0 fully saturated rings. The van der Waals surface area contributed by atoms with Gasteiger partial charge in [-0.05, 0) is 40.5 Å². The summed E-state index contributed by atoms with van der Waals surface area (Å²) >= 11 is 0. The minimum absolute atomic E-state index is 0.251. The molecule has 0 heterocycles. The molecular weight excluding hydrogens is 268 g/mol. The van der Waals surface area contributed by atoms with Crippen molar-refractivity contribution in [3.05, 3.63) is 0 Å². The molecule has 118 valence electrons. The fraction of sp³-hybridized carbons (Fsp3) is 1.00. The summed E-state index contributed by atoms with van der Waals surface area (Å²) in [7, 11) is -2.28. The van der Waals surface area contributed by atoms with E-state index >= 15 is 0 Å². The van der Waals surface area contributed by atoms with Gasteiger partial charge in [0.05, 0.1) is 23.6 Å². The average Bonchev–Trinajstić information content (AvgIpc) is 2.28. The molecule has 0 aromatic heterocycles. The zero-order chi connectivity index (χ0) is 15.7. The summed E-state index contributed by atoms with van der Waals surface area (Å²) < 4.78 is 40.8. The molecule has 0 unspecified atom stereocenters. The highest BCUT2D eigenvalue weighted by Crippen LogP contribution is 2.19. The first-order chi connectivity index (χ1) is 8.47. The van der Waals surface area contributed by atoms with Crippen LogP contribution in [0.25, 0.3) is 0 Å². The number of hydrogen-bond donors (Lipinski definition) is 1. The maximum Gasteiger partial charge on any atom is 0.264 e. The summed E-state index contributed by atoms with van der Waals surface area (Å²) in [5.41, 5.74) is -0.821. The first-order valence-electron chi connectivity index (χ1n) is 6.62. The summed E-state index contributed by atoms with van der Waals surface area (Å²) in [5.74, 6) is -0.284. The standard InChI is InChI=1S/C11H24O5S.C2H6/c1-10(2,15-5)6-8-16-11(3,4)7-9-17(12,13)14;1-2/h6-9H2,1-5H3,(H,12,13,14);1-2H3. The smallest absolute Gasteiger partial charge is 0.264 e. The van der Waals surface area contributed by atoms with E-state index in [0.29, 0.717) is 6.61 Å². The molecule has 0 radical (unpaired) electrons. The van der Waals surface area contributed by atoms with E-state index in [1.165, 1.54) is 0 Å². The first kappa shape index (κ1) is 21.1. The van der Waals surface area contributed by atoms with Crippen LogP contribution in [0, 0.1) is 0 Å². The van der Waals surface area contributed by atoms with Crippen molar-refractivity contribution >= 4 is 10.1 Å². The Morgan fingerprint density at radius 3 is 1.84 bits per heavy atom. The van der Waals surface area contributed by atoms with Gasteiger partial charge in [-0.2, -0.15) is 8.42 Å². The molecule has 0 aliphatic rings. The van der Waals surface area contributed by atoms with Gasteiger partial charge in [0, 0.05) is 7.11 Å². The van der Waals surface area contributed by atoms with E-state index in [4.69, 9.17) is 14.0 Å². The van der Waals surface area contributed by atoms with Crippen molar-refractivity contribution in [1.29, 1.82) is 0 Å². The third-order valence-corrected chi connectivity index (χ3v) is 3.43. The predicted octanol–water partition coefficient (Wildman–Crippen LogP) is 2.90. The molecule has 5 nitrogen and oxygen atoms in total. The lowest BCUT2D eigenvalue weighted by atomic mass is 10.0. The van der Waals surface area contributed by atoms with E-state index in [1.807, 2.05) is 27.7 Å². The topological polar surface area (TPSA) is 72.8 Å². The van der Waals surface area contributed by atoms with Crippen molar-refractivity contribution in [2.24, 2.45) is 0 Å². The zero-order valence-corrected chi connectivity index (χ0v) is 14.1. The van der Waals surface area contributed by atoms with E-state index < -0.39 is 15.7 Å². The van der Waals surface area contributed by atoms with Gasteiger partial charge in [0.15, 0.2) is 0 Å². The second kappa shape index (κ2) is 8.89. The van der Waals surface area contributed by atoms with Gasteiger partial charge in [-0.3, -0.25) is 4.55 Å².